The Bertz CT molecular complexity index is 1230. The predicted molar refractivity (Wildman–Crippen MR) is 157 cm³/mol. The molecular weight excluding hydrogens is 518 g/mol. The van der Waals surface area contributed by atoms with Gasteiger partial charge in [0.25, 0.3) is 0 Å². The number of fused-ring (bicyclic) bond motifs is 1. The highest BCUT2D eigenvalue weighted by molar-refractivity contribution is 5.79. The highest BCUT2D eigenvalue weighted by Crippen LogP contribution is 2.34. The van der Waals surface area contributed by atoms with Crippen LogP contribution in [0.2, 0.25) is 0 Å². The molecule has 0 spiro atoms. The molecule has 8 heteroatoms. The molecule has 2 heterocycles. The number of nitrogens with zero attached hydrogens (tertiary/aromatic N) is 1. The Hall–Kier alpha value is -3.57. The minimum absolute atomic E-state index is 0.0624. The van der Waals surface area contributed by atoms with E-state index in [4.69, 9.17) is 14.5 Å². The summed E-state index contributed by atoms with van der Waals surface area (Å²) < 4.78 is 11.6. The average molecular weight is 560 g/mol. The molecule has 218 valence electrons. The van der Waals surface area contributed by atoms with Crippen LogP contribution in [0.15, 0.2) is 42.5 Å². The van der Waals surface area contributed by atoms with Crippen molar-refractivity contribution in [2.24, 2.45) is 11.8 Å². The largest absolute Gasteiger partial charge is 0.480 e. The molecule has 2 aliphatic carbocycles. The number of hydrogen-bond acceptors (Lipinski definition) is 6. The lowest BCUT2D eigenvalue weighted by Gasteiger charge is -2.35. The number of ether oxygens (including phenoxy) is 2. The van der Waals surface area contributed by atoms with Crippen LogP contribution in [0.3, 0.4) is 0 Å². The van der Waals surface area contributed by atoms with Gasteiger partial charge in [0.05, 0.1) is 12.0 Å². The van der Waals surface area contributed by atoms with Crippen molar-refractivity contribution in [2.45, 2.75) is 88.9 Å². The van der Waals surface area contributed by atoms with Crippen LogP contribution in [0.5, 0.6) is 0 Å². The van der Waals surface area contributed by atoms with E-state index >= 15 is 0 Å². The zero-order chi connectivity index (χ0) is 28.4. The van der Waals surface area contributed by atoms with Gasteiger partial charge in [0.15, 0.2) is 0 Å². The first-order valence-electron chi connectivity index (χ1n) is 15.1. The fraction of sp³-hybridized carbons (Fsp3) is 0.545. The van der Waals surface area contributed by atoms with Gasteiger partial charge in [-0.25, -0.2) is 14.6 Å². The van der Waals surface area contributed by atoms with E-state index in [1.54, 1.807) is 0 Å². The molecule has 0 saturated heterocycles. The smallest absolute Gasteiger partial charge is 0.408 e. The van der Waals surface area contributed by atoms with Crippen molar-refractivity contribution in [3.8, 4) is 11.8 Å². The molecule has 3 atom stereocenters. The monoisotopic (exact) mass is 559 g/mol. The Balaban J connectivity index is 1.00. The highest BCUT2D eigenvalue weighted by atomic mass is 16.6. The summed E-state index contributed by atoms with van der Waals surface area (Å²) in [6.07, 6.45) is 9.12. The zero-order valence-electron chi connectivity index (χ0n) is 23.6. The minimum atomic E-state index is -1.09. The lowest BCUT2D eigenvalue weighted by Crippen LogP contribution is -2.44. The summed E-state index contributed by atoms with van der Waals surface area (Å²) in [4.78, 5) is 29.2. The van der Waals surface area contributed by atoms with Crippen molar-refractivity contribution in [3.63, 3.8) is 0 Å². The first-order valence-corrected chi connectivity index (χ1v) is 15.1. The summed E-state index contributed by atoms with van der Waals surface area (Å²) in [7, 11) is 0. The van der Waals surface area contributed by atoms with Gasteiger partial charge in [0.1, 0.15) is 18.0 Å². The molecule has 1 aromatic heterocycles. The van der Waals surface area contributed by atoms with E-state index in [1.165, 1.54) is 5.56 Å². The van der Waals surface area contributed by atoms with Gasteiger partial charge in [-0.1, -0.05) is 42.5 Å². The second-order valence-corrected chi connectivity index (χ2v) is 11.5. The van der Waals surface area contributed by atoms with E-state index in [-0.39, 0.29) is 31.2 Å². The lowest BCUT2D eigenvalue weighted by molar-refractivity contribution is -0.140. The first kappa shape index (κ1) is 28.9. The van der Waals surface area contributed by atoms with Crippen LogP contribution in [0.1, 0.15) is 74.6 Å². The summed E-state index contributed by atoms with van der Waals surface area (Å²) in [5.74, 6) is 6.94. The van der Waals surface area contributed by atoms with Crippen molar-refractivity contribution < 1.29 is 24.2 Å². The van der Waals surface area contributed by atoms with Crippen molar-refractivity contribution in [1.29, 1.82) is 0 Å². The standard InChI is InChI=1S/C33H41N3O5/c37-32(38)29(36-33(39)41-30-11-5-4-9-25(30)14-12-23-7-2-1-3-8-23)18-20-40-28-21-24(22-28)13-16-27-17-15-26-10-6-19-34-31(26)35-27/h1-3,7-8,15,17,24-25,28-30H,4-6,9-11,13,16,18-22H2,(H,34,35)(H,36,39)(H,37,38)/t24?,25-,28?,29?,30+/m0/s1. The maximum absolute atomic E-state index is 12.6. The van der Waals surface area contributed by atoms with E-state index in [0.717, 1.165) is 87.8 Å². The summed E-state index contributed by atoms with van der Waals surface area (Å²) in [5, 5.41) is 15.6. The number of anilines is 1. The molecule has 0 radical (unpaired) electrons. The first-order chi connectivity index (χ1) is 20.0. The van der Waals surface area contributed by atoms with Crippen LogP contribution >= 0.6 is 0 Å². The third-order valence-electron chi connectivity index (χ3n) is 8.44. The molecule has 0 bridgehead atoms. The van der Waals surface area contributed by atoms with Crippen LogP contribution < -0.4 is 10.6 Å². The van der Waals surface area contributed by atoms with Gasteiger partial charge in [-0.2, -0.15) is 0 Å². The number of benzene rings is 1. The Kier molecular flexibility index (Phi) is 10.1. The molecule has 41 heavy (non-hydrogen) atoms. The molecule has 8 nitrogen and oxygen atoms in total. The minimum Gasteiger partial charge on any atom is -0.480 e. The number of rotatable bonds is 10. The van der Waals surface area contributed by atoms with Crippen molar-refractivity contribution in [2.75, 3.05) is 18.5 Å². The van der Waals surface area contributed by atoms with Crippen molar-refractivity contribution in [1.82, 2.24) is 10.3 Å². The molecule has 2 saturated carbocycles. The number of carboxylic acid groups (broad SMARTS) is 1. The molecule has 1 amide bonds. The van der Waals surface area contributed by atoms with E-state index in [9.17, 15) is 14.7 Å². The van der Waals surface area contributed by atoms with Crippen molar-refractivity contribution >= 4 is 17.9 Å². The third kappa shape index (κ3) is 8.46. The summed E-state index contributed by atoms with van der Waals surface area (Å²) in [5.41, 5.74) is 3.37. The normalized spacial score (nSPS) is 23.9. The van der Waals surface area contributed by atoms with E-state index in [2.05, 4.69) is 34.6 Å². The molecule has 5 rings (SSSR count). The third-order valence-corrected chi connectivity index (χ3v) is 8.44. The van der Waals surface area contributed by atoms with Gasteiger partial charge in [0, 0.05) is 30.8 Å². The number of aryl methyl sites for hydroxylation is 2. The van der Waals surface area contributed by atoms with Crippen LogP contribution in [0, 0.1) is 23.7 Å². The van der Waals surface area contributed by atoms with Gasteiger partial charge in [0.2, 0.25) is 0 Å². The number of nitrogens with one attached hydrogen (secondary N) is 2. The van der Waals surface area contributed by atoms with Crippen molar-refractivity contribution in [3.05, 3.63) is 59.3 Å². The number of pyridine rings is 1. The van der Waals surface area contributed by atoms with Crippen LogP contribution in [0.4, 0.5) is 10.6 Å². The predicted octanol–water partition coefficient (Wildman–Crippen LogP) is 5.35. The van der Waals surface area contributed by atoms with Gasteiger partial charge in [-0.3, -0.25) is 0 Å². The molecule has 2 fully saturated rings. The Morgan fingerprint density at radius 2 is 1.93 bits per heavy atom. The number of carboxylic acids is 1. The lowest BCUT2D eigenvalue weighted by atomic mass is 9.79. The number of amides is 1. The van der Waals surface area contributed by atoms with Gasteiger partial charge in [-0.15, -0.1) is 0 Å². The fourth-order valence-electron chi connectivity index (χ4n) is 5.93. The Morgan fingerprint density at radius 3 is 2.76 bits per heavy atom. The molecule has 3 aliphatic rings. The summed E-state index contributed by atoms with van der Waals surface area (Å²) in [6, 6.07) is 13.0. The van der Waals surface area contributed by atoms with E-state index < -0.39 is 18.1 Å². The highest BCUT2D eigenvalue weighted by Gasteiger charge is 2.31. The molecule has 2 aromatic rings. The Labute approximate surface area is 242 Å². The summed E-state index contributed by atoms with van der Waals surface area (Å²) >= 11 is 0. The van der Waals surface area contributed by atoms with Gasteiger partial charge >= 0.3 is 12.1 Å². The van der Waals surface area contributed by atoms with E-state index in [1.807, 2.05) is 30.3 Å². The average Bonchev–Trinajstić information content (AvgIpc) is 2.97. The van der Waals surface area contributed by atoms with Gasteiger partial charge in [-0.05, 0) is 87.5 Å². The quantitative estimate of drug-likeness (QED) is 0.337. The molecule has 1 aliphatic heterocycles. The van der Waals surface area contributed by atoms with Crippen LogP contribution in [-0.2, 0) is 27.1 Å². The maximum atomic E-state index is 12.6. The number of carbonyl (C=O) groups is 2. The second-order valence-electron chi connectivity index (χ2n) is 11.5. The second kappa shape index (κ2) is 14.4. The van der Waals surface area contributed by atoms with Gasteiger partial charge < -0.3 is 25.2 Å². The topological polar surface area (TPSA) is 110 Å². The Morgan fingerprint density at radius 1 is 1.10 bits per heavy atom. The SMILES string of the molecule is O=C(NC(CCOC1CC(CCc2ccc3c(n2)NCCC3)C1)C(=O)O)O[C@@H]1CCCC[C@H]1C#Cc1ccccc1. The zero-order valence-corrected chi connectivity index (χ0v) is 23.6. The number of aromatic nitrogens is 1. The van der Waals surface area contributed by atoms with Crippen LogP contribution in [-0.4, -0.2) is 53.6 Å². The number of alkyl carbamates (subject to hydrolysis) is 1. The number of hydrogen-bond donors (Lipinski definition) is 3. The fourth-order valence-corrected chi connectivity index (χ4v) is 5.93. The molecule has 1 unspecified atom stereocenters. The van der Waals surface area contributed by atoms with Crippen LogP contribution in [0.25, 0.3) is 0 Å². The molecule has 3 N–H and O–H groups in total. The molecule has 1 aromatic carbocycles. The molecular formula is C33H41N3O5. The summed E-state index contributed by atoms with van der Waals surface area (Å²) in [6.45, 7) is 1.27. The number of carbonyl (C=O) groups excluding carboxylic acids is 1. The maximum Gasteiger partial charge on any atom is 0.408 e. The van der Waals surface area contributed by atoms with E-state index in [0.29, 0.717) is 5.92 Å². The number of aliphatic carboxylic acids is 1.